The van der Waals surface area contributed by atoms with E-state index in [2.05, 4.69) is 44.1 Å². The molecule has 1 aromatic heterocycles. The number of aromatic nitrogens is 2. The van der Waals surface area contributed by atoms with Crippen molar-refractivity contribution in [2.24, 2.45) is 0 Å². The SMILES string of the molecule is CC(C)(C)[Si](C)(C)OC1CCC(Oc2nnc(N)s2)C1. The molecule has 0 spiro atoms. The lowest BCUT2D eigenvalue weighted by Crippen LogP contribution is -2.43. The molecule has 1 heterocycles. The van der Waals surface area contributed by atoms with Crippen LogP contribution in [0.3, 0.4) is 0 Å². The minimum atomic E-state index is -1.69. The molecular weight excluding hydrogens is 290 g/mol. The first-order valence-electron chi connectivity index (χ1n) is 7.11. The molecule has 0 aromatic carbocycles. The van der Waals surface area contributed by atoms with Crippen molar-refractivity contribution in [2.45, 2.75) is 70.4 Å². The highest BCUT2D eigenvalue weighted by Gasteiger charge is 2.41. The number of nitrogen functional groups attached to an aromatic ring is 1. The number of nitrogens with zero attached hydrogens (tertiary/aromatic N) is 2. The van der Waals surface area contributed by atoms with E-state index in [4.69, 9.17) is 14.9 Å². The van der Waals surface area contributed by atoms with Gasteiger partial charge in [0.1, 0.15) is 6.10 Å². The molecule has 0 saturated heterocycles. The molecule has 2 rings (SSSR count). The summed E-state index contributed by atoms with van der Waals surface area (Å²) in [7, 11) is -1.69. The number of anilines is 1. The van der Waals surface area contributed by atoms with Crippen molar-refractivity contribution in [1.29, 1.82) is 0 Å². The summed E-state index contributed by atoms with van der Waals surface area (Å²) in [5.74, 6) is 0. The van der Waals surface area contributed by atoms with Crippen molar-refractivity contribution in [2.75, 3.05) is 5.73 Å². The fraction of sp³-hybridized carbons (Fsp3) is 0.846. The summed E-state index contributed by atoms with van der Waals surface area (Å²) < 4.78 is 12.3. The second-order valence-electron chi connectivity index (χ2n) is 6.96. The zero-order chi connectivity index (χ0) is 15.0. The maximum absolute atomic E-state index is 6.44. The van der Waals surface area contributed by atoms with Gasteiger partial charge in [0.25, 0.3) is 5.19 Å². The monoisotopic (exact) mass is 315 g/mol. The van der Waals surface area contributed by atoms with Gasteiger partial charge in [-0.2, -0.15) is 0 Å². The Morgan fingerprint density at radius 3 is 2.40 bits per heavy atom. The normalized spacial score (nSPS) is 24.1. The van der Waals surface area contributed by atoms with E-state index < -0.39 is 8.32 Å². The van der Waals surface area contributed by atoms with E-state index in [1.54, 1.807) is 0 Å². The number of hydrogen-bond donors (Lipinski definition) is 1. The van der Waals surface area contributed by atoms with Crippen LogP contribution in [0, 0.1) is 0 Å². The Morgan fingerprint density at radius 1 is 1.20 bits per heavy atom. The largest absolute Gasteiger partial charge is 0.465 e. The Kier molecular flexibility index (Phi) is 4.41. The van der Waals surface area contributed by atoms with Gasteiger partial charge in [-0.3, -0.25) is 0 Å². The number of nitrogens with two attached hydrogens (primary N) is 1. The van der Waals surface area contributed by atoms with Crippen molar-refractivity contribution in [3.8, 4) is 5.19 Å². The highest BCUT2D eigenvalue weighted by molar-refractivity contribution is 7.16. The number of hydrogen-bond acceptors (Lipinski definition) is 6. The molecule has 1 aliphatic carbocycles. The average molecular weight is 316 g/mol. The lowest BCUT2D eigenvalue weighted by atomic mass is 10.2. The van der Waals surface area contributed by atoms with Crippen LogP contribution in [0.1, 0.15) is 40.0 Å². The van der Waals surface area contributed by atoms with Gasteiger partial charge < -0.3 is 14.9 Å². The molecule has 114 valence electrons. The first-order valence-corrected chi connectivity index (χ1v) is 10.8. The Bertz CT molecular complexity index is 459. The van der Waals surface area contributed by atoms with Crippen LogP contribution in [-0.4, -0.2) is 30.7 Å². The third kappa shape index (κ3) is 3.71. The Labute approximate surface area is 126 Å². The first kappa shape index (κ1) is 15.7. The zero-order valence-electron chi connectivity index (χ0n) is 13.0. The van der Waals surface area contributed by atoms with Gasteiger partial charge in [0, 0.05) is 12.5 Å². The van der Waals surface area contributed by atoms with Gasteiger partial charge >= 0.3 is 0 Å². The van der Waals surface area contributed by atoms with Crippen LogP contribution in [-0.2, 0) is 4.43 Å². The molecule has 2 N–H and O–H groups in total. The predicted octanol–water partition coefficient (Wildman–Crippen LogP) is 3.44. The molecule has 1 saturated carbocycles. The van der Waals surface area contributed by atoms with Crippen LogP contribution in [0.25, 0.3) is 0 Å². The van der Waals surface area contributed by atoms with Gasteiger partial charge in [-0.05, 0) is 42.3 Å². The minimum absolute atomic E-state index is 0.178. The van der Waals surface area contributed by atoms with Crippen molar-refractivity contribution in [3.63, 3.8) is 0 Å². The van der Waals surface area contributed by atoms with E-state index in [-0.39, 0.29) is 11.1 Å². The van der Waals surface area contributed by atoms with E-state index in [0.717, 1.165) is 19.3 Å². The zero-order valence-corrected chi connectivity index (χ0v) is 14.8. The molecule has 1 fully saturated rings. The van der Waals surface area contributed by atoms with E-state index >= 15 is 0 Å². The summed E-state index contributed by atoms with van der Waals surface area (Å²) in [5, 5.41) is 8.94. The van der Waals surface area contributed by atoms with Gasteiger partial charge in [0.05, 0.1) is 0 Å². The summed E-state index contributed by atoms with van der Waals surface area (Å²) in [6, 6.07) is 0. The van der Waals surface area contributed by atoms with E-state index in [1.807, 2.05) is 0 Å². The fourth-order valence-electron chi connectivity index (χ4n) is 2.12. The molecule has 2 atom stereocenters. The Hall–Kier alpha value is -0.663. The van der Waals surface area contributed by atoms with E-state index in [1.165, 1.54) is 11.3 Å². The lowest BCUT2D eigenvalue weighted by molar-refractivity contribution is 0.153. The molecule has 0 amide bonds. The molecule has 0 bridgehead atoms. The third-order valence-corrected chi connectivity index (χ3v) is 9.47. The maximum Gasteiger partial charge on any atom is 0.296 e. The molecule has 5 nitrogen and oxygen atoms in total. The summed E-state index contributed by atoms with van der Waals surface area (Å²) in [6.07, 6.45) is 3.50. The third-order valence-electron chi connectivity index (χ3n) is 4.29. The summed E-state index contributed by atoms with van der Waals surface area (Å²) in [5.41, 5.74) is 5.56. The molecule has 1 aliphatic rings. The van der Waals surface area contributed by atoms with Crippen molar-refractivity contribution >= 4 is 24.8 Å². The second-order valence-corrected chi connectivity index (χ2v) is 12.7. The van der Waals surface area contributed by atoms with Crippen LogP contribution in [0.5, 0.6) is 5.19 Å². The minimum Gasteiger partial charge on any atom is -0.465 e. The standard InChI is InChI=1S/C13H25N3O2SSi/c1-13(2,3)20(4,5)18-10-7-6-9(8-10)17-12-16-15-11(14)19-12/h9-10H,6-8H2,1-5H3,(H2,14,15). The topological polar surface area (TPSA) is 70.3 Å². The summed E-state index contributed by atoms with van der Waals surface area (Å²) in [6.45, 7) is 11.4. The average Bonchev–Trinajstić information content (AvgIpc) is 2.87. The van der Waals surface area contributed by atoms with Crippen LogP contribution < -0.4 is 10.5 Å². The van der Waals surface area contributed by atoms with Crippen LogP contribution >= 0.6 is 11.3 Å². The van der Waals surface area contributed by atoms with Crippen LogP contribution in [0.4, 0.5) is 5.13 Å². The molecule has 0 aliphatic heterocycles. The second kappa shape index (κ2) is 5.61. The summed E-state index contributed by atoms with van der Waals surface area (Å²) >= 11 is 1.29. The predicted molar refractivity (Wildman–Crippen MR) is 84.7 cm³/mol. The fourth-order valence-corrected chi connectivity index (χ4v) is 4.05. The van der Waals surface area contributed by atoms with Gasteiger partial charge in [-0.1, -0.05) is 25.9 Å². The van der Waals surface area contributed by atoms with Crippen molar-refractivity contribution in [1.82, 2.24) is 10.2 Å². The van der Waals surface area contributed by atoms with E-state index in [9.17, 15) is 0 Å². The molecule has 7 heteroatoms. The lowest BCUT2D eigenvalue weighted by Gasteiger charge is -2.38. The Morgan fingerprint density at radius 2 is 1.85 bits per heavy atom. The highest BCUT2D eigenvalue weighted by Crippen LogP contribution is 2.40. The van der Waals surface area contributed by atoms with Crippen molar-refractivity contribution < 1.29 is 9.16 Å². The van der Waals surface area contributed by atoms with Crippen LogP contribution in [0.15, 0.2) is 0 Å². The van der Waals surface area contributed by atoms with Gasteiger partial charge in [0.15, 0.2) is 8.32 Å². The van der Waals surface area contributed by atoms with Crippen molar-refractivity contribution in [3.05, 3.63) is 0 Å². The molecule has 2 unspecified atom stereocenters. The molecule has 20 heavy (non-hydrogen) atoms. The van der Waals surface area contributed by atoms with E-state index in [0.29, 0.717) is 16.4 Å². The summed E-state index contributed by atoms with van der Waals surface area (Å²) in [4.78, 5) is 0. The van der Waals surface area contributed by atoms with Gasteiger partial charge in [-0.15, -0.1) is 5.10 Å². The van der Waals surface area contributed by atoms with Crippen LogP contribution in [0.2, 0.25) is 18.1 Å². The number of ether oxygens (including phenoxy) is 1. The van der Waals surface area contributed by atoms with Gasteiger partial charge in [0.2, 0.25) is 5.13 Å². The maximum atomic E-state index is 6.44. The number of rotatable bonds is 4. The highest BCUT2D eigenvalue weighted by atomic mass is 32.1. The molecule has 0 radical (unpaired) electrons. The molecular formula is C13H25N3O2SSi. The first-order chi connectivity index (χ1) is 9.17. The molecule has 1 aromatic rings. The smallest absolute Gasteiger partial charge is 0.296 e. The Balaban J connectivity index is 1.86. The van der Waals surface area contributed by atoms with Gasteiger partial charge in [-0.25, -0.2) is 0 Å². The quantitative estimate of drug-likeness (QED) is 0.862.